The summed E-state index contributed by atoms with van der Waals surface area (Å²) in [7, 11) is 0. The first kappa shape index (κ1) is 15.1. The van der Waals surface area contributed by atoms with Crippen LogP contribution in [0.4, 0.5) is 4.39 Å². The highest BCUT2D eigenvalue weighted by atomic mass is 19.1. The Morgan fingerprint density at radius 3 is 2.53 bits per heavy atom. The van der Waals surface area contributed by atoms with Crippen molar-refractivity contribution in [1.82, 2.24) is 5.32 Å². The van der Waals surface area contributed by atoms with Crippen molar-refractivity contribution >= 4 is 11.9 Å². The molecule has 1 rings (SSSR count). The lowest BCUT2D eigenvalue weighted by Gasteiger charge is -2.26. The summed E-state index contributed by atoms with van der Waals surface area (Å²) in [5, 5.41) is 11.4. The van der Waals surface area contributed by atoms with E-state index < -0.39 is 11.5 Å². The normalized spacial score (nSPS) is 11.2. The summed E-state index contributed by atoms with van der Waals surface area (Å²) < 4.78 is 13.0. The van der Waals surface area contributed by atoms with Gasteiger partial charge in [0.15, 0.2) is 0 Å². The first-order chi connectivity index (χ1) is 8.71. The summed E-state index contributed by atoms with van der Waals surface area (Å²) in [5.41, 5.74) is 0.312. The van der Waals surface area contributed by atoms with Crippen molar-refractivity contribution in [2.24, 2.45) is 0 Å². The zero-order chi connectivity index (χ0) is 14.6. The number of nitrogens with one attached hydrogen (secondary N) is 1. The van der Waals surface area contributed by atoms with Crippen LogP contribution in [0.5, 0.6) is 0 Å². The first-order valence-electron chi connectivity index (χ1n) is 6.02. The summed E-state index contributed by atoms with van der Waals surface area (Å²) in [6, 6.07) is 3.94. The molecule has 0 aliphatic rings. The molecule has 0 aliphatic carbocycles. The predicted molar refractivity (Wildman–Crippen MR) is 69.6 cm³/mol. The molecule has 0 saturated carbocycles. The predicted octanol–water partition coefficient (Wildman–Crippen LogP) is 2.51. The molecule has 1 aromatic carbocycles. The molecule has 0 aromatic heterocycles. The number of amides is 1. The number of aryl methyl sites for hydroxylation is 1. The minimum Gasteiger partial charge on any atom is -0.481 e. The van der Waals surface area contributed by atoms with Gasteiger partial charge in [0, 0.05) is 17.5 Å². The van der Waals surface area contributed by atoms with Crippen LogP contribution in [0.25, 0.3) is 0 Å². The average Bonchev–Trinajstić information content (AvgIpc) is 2.25. The minimum atomic E-state index is -0.903. The lowest BCUT2D eigenvalue weighted by Crippen LogP contribution is -2.43. The first-order valence-corrected chi connectivity index (χ1v) is 6.02. The molecule has 19 heavy (non-hydrogen) atoms. The standard InChI is InChI=1S/C14H18FNO3/c1-9-8-10(15)4-5-11(9)13(19)16-14(2,3)7-6-12(17)18/h4-5,8H,6-7H2,1-3H3,(H,16,19)(H,17,18). The van der Waals surface area contributed by atoms with E-state index in [0.29, 0.717) is 17.5 Å². The smallest absolute Gasteiger partial charge is 0.303 e. The Morgan fingerprint density at radius 1 is 1.37 bits per heavy atom. The second-order valence-electron chi connectivity index (χ2n) is 5.19. The largest absolute Gasteiger partial charge is 0.481 e. The van der Waals surface area contributed by atoms with Crippen molar-refractivity contribution in [3.63, 3.8) is 0 Å². The molecule has 0 radical (unpaired) electrons. The van der Waals surface area contributed by atoms with Gasteiger partial charge in [-0.25, -0.2) is 4.39 Å². The van der Waals surface area contributed by atoms with Gasteiger partial charge < -0.3 is 10.4 Å². The Morgan fingerprint density at radius 2 is 2.00 bits per heavy atom. The van der Waals surface area contributed by atoms with E-state index in [1.165, 1.54) is 18.2 Å². The van der Waals surface area contributed by atoms with Crippen LogP contribution in [0.3, 0.4) is 0 Å². The molecule has 0 heterocycles. The van der Waals surface area contributed by atoms with Gasteiger partial charge in [-0.1, -0.05) is 0 Å². The summed E-state index contributed by atoms with van der Waals surface area (Å²) in [5.74, 6) is -1.62. The summed E-state index contributed by atoms with van der Waals surface area (Å²) in [6.07, 6.45) is 0.310. The molecule has 104 valence electrons. The van der Waals surface area contributed by atoms with Gasteiger partial charge in [0.25, 0.3) is 5.91 Å². The van der Waals surface area contributed by atoms with Crippen LogP contribution in [-0.2, 0) is 4.79 Å². The molecule has 0 bridgehead atoms. The van der Waals surface area contributed by atoms with Gasteiger partial charge in [-0.15, -0.1) is 0 Å². The number of halogens is 1. The third kappa shape index (κ3) is 4.69. The lowest BCUT2D eigenvalue weighted by atomic mass is 9.97. The highest BCUT2D eigenvalue weighted by Crippen LogP contribution is 2.15. The van der Waals surface area contributed by atoms with Crippen molar-refractivity contribution in [2.75, 3.05) is 0 Å². The van der Waals surface area contributed by atoms with Crippen LogP contribution in [0, 0.1) is 12.7 Å². The molecule has 0 saturated heterocycles. The number of carbonyl (C=O) groups is 2. The Labute approximate surface area is 111 Å². The molecule has 2 N–H and O–H groups in total. The molecule has 0 spiro atoms. The Bertz CT molecular complexity index is 497. The fraction of sp³-hybridized carbons (Fsp3) is 0.429. The Kier molecular flexibility index (Phi) is 4.64. The summed E-state index contributed by atoms with van der Waals surface area (Å²) in [6.45, 7) is 5.17. The van der Waals surface area contributed by atoms with E-state index in [1.807, 2.05) is 0 Å². The van der Waals surface area contributed by atoms with E-state index in [9.17, 15) is 14.0 Å². The highest BCUT2D eigenvalue weighted by molar-refractivity contribution is 5.96. The van der Waals surface area contributed by atoms with Gasteiger partial charge in [0.2, 0.25) is 0 Å². The molecule has 4 nitrogen and oxygen atoms in total. The van der Waals surface area contributed by atoms with Gasteiger partial charge in [-0.05, 0) is 51.0 Å². The van der Waals surface area contributed by atoms with Crippen LogP contribution in [-0.4, -0.2) is 22.5 Å². The van der Waals surface area contributed by atoms with E-state index >= 15 is 0 Å². The number of carboxylic acids is 1. The third-order valence-electron chi connectivity index (χ3n) is 2.85. The topological polar surface area (TPSA) is 66.4 Å². The lowest BCUT2D eigenvalue weighted by molar-refractivity contribution is -0.137. The zero-order valence-electron chi connectivity index (χ0n) is 11.3. The van der Waals surface area contributed by atoms with Crippen LogP contribution in [0.15, 0.2) is 18.2 Å². The van der Waals surface area contributed by atoms with Gasteiger partial charge in [0.05, 0.1) is 0 Å². The fourth-order valence-corrected chi connectivity index (χ4v) is 1.74. The molecule has 1 amide bonds. The van der Waals surface area contributed by atoms with Crippen LogP contribution < -0.4 is 5.32 Å². The molecule has 0 unspecified atom stereocenters. The van der Waals surface area contributed by atoms with E-state index in [4.69, 9.17) is 5.11 Å². The monoisotopic (exact) mass is 267 g/mol. The van der Waals surface area contributed by atoms with Crippen molar-refractivity contribution in [1.29, 1.82) is 0 Å². The maximum Gasteiger partial charge on any atom is 0.303 e. The number of rotatable bonds is 5. The van der Waals surface area contributed by atoms with Crippen molar-refractivity contribution in [2.45, 2.75) is 39.2 Å². The van der Waals surface area contributed by atoms with Crippen molar-refractivity contribution in [3.8, 4) is 0 Å². The molecule has 0 atom stereocenters. The zero-order valence-corrected chi connectivity index (χ0v) is 11.3. The van der Waals surface area contributed by atoms with Gasteiger partial charge in [-0.3, -0.25) is 9.59 Å². The van der Waals surface area contributed by atoms with Crippen LogP contribution >= 0.6 is 0 Å². The average molecular weight is 267 g/mol. The quantitative estimate of drug-likeness (QED) is 0.861. The molecule has 0 fully saturated rings. The Hall–Kier alpha value is -1.91. The Balaban J connectivity index is 2.75. The van der Waals surface area contributed by atoms with Crippen LogP contribution in [0.2, 0.25) is 0 Å². The third-order valence-corrected chi connectivity index (χ3v) is 2.85. The van der Waals surface area contributed by atoms with Gasteiger partial charge in [0.1, 0.15) is 5.82 Å². The number of hydrogen-bond acceptors (Lipinski definition) is 2. The molecular weight excluding hydrogens is 249 g/mol. The molecule has 1 aromatic rings. The second-order valence-corrected chi connectivity index (χ2v) is 5.19. The number of hydrogen-bond donors (Lipinski definition) is 2. The van der Waals surface area contributed by atoms with E-state index in [1.54, 1.807) is 20.8 Å². The summed E-state index contributed by atoms with van der Waals surface area (Å²) >= 11 is 0. The highest BCUT2D eigenvalue weighted by Gasteiger charge is 2.22. The van der Waals surface area contributed by atoms with Gasteiger partial charge >= 0.3 is 5.97 Å². The van der Waals surface area contributed by atoms with Crippen molar-refractivity contribution in [3.05, 3.63) is 35.1 Å². The van der Waals surface area contributed by atoms with Crippen molar-refractivity contribution < 1.29 is 19.1 Å². The molecular formula is C14H18FNO3. The maximum absolute atomic E-state index is 13.0. The van der Waals surface area contributed by atoms with E-state index in [0.717, 1.165) is 0 Å². The number of carbonyl (C=O) groups excluding carboxylic acids is 1. The van der Waals surface area contributed by atoms with Crippen LogP contribution in [0.1, 0.15) is 42.6 Å². The number of benzene rings is 1. The SMILES string of the molecule is Cc1cc(F)ccc1C(=O)NC(C)(C)CCC(=O)O. The van der Waals surface area contributed by atoms with E-state index in [-0.39, 0.29) is 18.1 Å². The molecule has 5 heteroatoms. The maximum atomic E-state index is 13.0. The molecule has 0 aliphatic heterocycles. The number of aliphatic carboxylic acids is 1. The summed E-state index contributed by atoms with van der Waals surface area (Å²) in [4.78, 5) is 22.6. The second kappa shape index (κ2) is 5.82. The minimum absolute atomic E-state index is 0.0182. The van der Waals surface area contributed by atoms with E-state index in [2.05, 4.69) is 5.32 Å². The number of carboxylic acid groups (broad SMARTS) is 1. The fourth-order valence-electron chi connectivity index (χ4n) is 1.74. The van der Waals surface area contributed by atoms with Gasteiger partial charge in [-0.2, -0.15) is 0 Å².